The zero-order valence-corrected chi connectivity index (χ0v) is 17.4. The van der Waals surface area contributed by atoms with Crippen molar-refractivity contribution >= 4 is 24.1 Å². The van der Waals surface area contributed by atoms with E-state index in [9.17, 15) is 9.90 Å². The Hall–Kier alpha value is -2.37. The van der Waals surface area contributed by atoms with E-state index in [2.05, 4.69) is 34.3 Å². The minimum atomic E-state index is -0.698. The number of carboxylic acids is 1. The molecule has 0 aromatic heterocycles. The van der Waals surface area contributed by atoms with E-state index in [4.69, 9.17) is 4.84 Å². The van der Waals surface area contributed by atoms with Gasteiger partial charge in [-0.2, -0.15) is 0 Å². The summed E-state index contributed by atoms with van der Waals surface area (Å²) in [5, 5.41) is 13.6. The molecule has 0 radical (unpaired) electrons. The number of rotatable bonds is 9. The maximum absolute atomic E-state index is 11.2. The molecular weight excluding hydrogens is 388 g/mol. The fourth-order valence-corrected chi connectivity index (χ4v) is 3.56. The number of piperidine rings is 1. The predicted octanol–water partition coefficient (Wildman–Crippen LogP) is 4.06. The van der Waals surface area contributed by atoms with Crippen LogP contribution in [0.3, 0.4) is 0 Å². The van der Waals surface area contributed by atoms with Crippen molar-refractivity contribution in [3.05, 3.63) is 71.8 Å². The van der Waals surface area contributed by atoms with E-state index in [1.54, 1.807) is 0 Å². The number of hydrogen-bond acceptors (Lipinski definition) is 4. The first-order valence-electron chi connectivity index (χ1n) is 9.91. The molecule has 0 aliphatic carbocycles. The van der Waals surface area contributed by atoms with Crippen LogP contribution in [-0.4, -0.2) is 47.9 Å². The number of nitrogens with zero attached hydrogens (tertiary/aromatic N) is 2. The summed E-state index contributed by atoms with van der Waals surface area (Å²) in [5.41, 5.74) is 3.40. The zero-order valence-electron chi connectivity index (χ0n) is 16.6. The number of carbonyl (C=O) groups is 1. The van der Waals surface area contributed by atoms with Crippen LogP contribution in [0.2, 0.25) is 0 Å². The van der Waals surface area contributed by atoms with Gasteiger partial charge in [0.1, 0.15) is 6.61 Å². The van der Waals surface area contributed by atoms with Gasteiger partial charge in [0.25, 0.3) is 0 Å². The van der Waals surface area contributed by atoms with Gasteiger partial charge in [-0.3, -0.25) is 9.69 Å². The monoisotopic (exact) mass is 416 g/mol. The number of halogens is 1. The Morgan fingerprint density at radius 2 is 1.62 bits per heavy atom. The van der Waals surface area contributed by atoms with Crippen LogP contribution in [0.1, 0.15) is 24.0 Å². The fourth-order valence-electron chi connectivity index (χ4n) is 3.56. The van der Waals surface area contributed by atoms with Crippen LogP contribution in [0, 0.1) is 5.92 Å². The first kappa shape index (κ1) is 22.9. The average molecular weight is 417 g/mol. The molecule has 0 saturated carbocycles. The Kier molecular flexibility index (Phi) is 9.68. The lowest BCUT2D eigenvalue weighted by molar-refractivity contribution is -0.143. The Balaban J connectivity index is 0.00000300. The standard InChI is InChI=1S/C23H28N2O3.ClH/c26-23(27)21-12-7-13-25(18-21)14-15-28-24-22(16-19-8-3-1-4-9-19)17-20-10-5-2-6-11-20;/h1-6,8-11,21H,7,12-18H2,(H,26,27);1H/t21-;/m1./s1. The second-order valence-corrected chi connectivity index (χ2v) is 7.29. The molecule has 156 valence electrons. The van der Waals surface area contributed by atoms with Crippen LogP contribution in [0.4, 0.5) is 0 Å². The van der Waals surface area contributed by atoms with E-state index >= 15 is 0 Å². The van der Waals surface area contributed by atoms with Crippen molar-refractivity contribution in [3.63, 3.8) is 0 Å². The lowest BCUT2D eigenvalue weighted by Gasteiger charge is -2.29. The number of hydrogen-bond donors (Lipinski definition) is 1. The van der Waals surface area contributed by atoms with Crippen molar-refractivity contribution in [2.75, 3.05) is 26.2 Å². The zero-order chi connectivity index (χ0) is 19.6. The number of benzene rings is 2. The number of aliphatic carboxylic acids is 1. The van der Waals surface area contributed by atoms with Crippen molar-refractivity contribution < 1.29 is 14.7 Å². The van der Waals surface area contributed by atoms with E-state index < -0.39 is 5.97 Å². The third-order valence-electron chi connectivity index (χ3n) is 5.05. The first-order chi connectivity index (χ1) is 13.7. The second kappa shape index (κ2) is 12.2. The topological polar surface area (TPSA) is 62.1 Å². The molecule has 1 fully saturated rings. The molecule has 29 heavy (non-hydrogen) atoms. The van der Waals surface area contributed by atoms with E-state index in [1.807, 2.05) is 36.4 Å². The lowest BCUT2D eigenvalue weighted by atomic mass is 9.98. The van der Waals surface area contributed by atoms with Gasteiger partial charge in [-0.25, -0.2) is 0 Å². The summed E-state index contributed by atoms with van der Waals surface area (Å²) in [6.45, 7) is 2.71. The molecule has 0 spiro atoms. The predicted molar refractivity (Wildman–Crippen MR) is 118 cm³/mol. The van der Waals surface area contributed by atoms with Crippen LogP contribution in [0.15, 0.2) is 65.8 Å². The van der Waals surface area contributed by atoms with Gasteiger partial charge in [-0.15, -0.1) is 12.4 Å². The summed E-state index contributed by atoms with van der Waals surface area (Å²) >= 11 is 0. The van der Waals surface area contributed by atoms with Crippen LogP contribution < -0.4 is 0 Å². The van der Waals surface area contributed by atoms with Gasteiger partial charge < -0.3 is 9.94 Å². The summed E-state index contributed by atoms with van der Waals surface area (Å²) in [6, 6.07) is 20.5. The van der Waals surface area contributed by atoms with Gasteiger partial charge in [-0.05, 0) is 30.5 Å². The smallest absolute Gasteiger partial charge is 0.307 e. The third kappa shape index (κ3) is 7.87. The molecule has 0 amide bonds. The largest absolute Gasteiger partial charge is 0.481 e. The number of likely N-dealkylation sites (tertiary alicyclic amines) is 1. The summed E-state index contributed by atoms with van der Waals surface area (Å²) < 4.78 is 0. The highest BCUT2D eigenvalue weighted by Crippen LogP contribution is 2.16. The van der Waals surface area contributed by atoms with Crippen molar-refractivity contribution in [2.45, 2.75) is 25.7 Å². The molecule has 2 aromatic rings. The molecule has 1 atom stereocenters. The maximum atomic E-state index is 11.2. The Labute approximate surface area is 178 Å². The van der Waals surface area contributed by atoms with Crippen LogP contribution >= 0.6 is 12.4 Å². The van der Waals surface area contributed by atoms with Crippen molar-refractivity contribution in [1.82, 2.24) is 4.90 Å². The molecule has 1 aliphatic rings. The number of carboxylic acid groups (broad SMARTS) is 1. The molecule has 1 saturated heterocycles. The highest BCUT2D eigenvalue weighted by molar-refractivity contribution is 5.88. The third-order valence-corrected chi connectivity index (χ3v) is 5.05. The fraction of sp³-hybridized carbons (Fsp3) is 0.391. The lowest BCUT2D eigenvalue weighted by Crippen LogP contribution is -2.40. The van der Waals surface area contributed by atoms with E-state index in [0.717, 1.165) is 37.9 Å². The summed E-state index contributed by atoms with van der Waals surface area (Å²) in [6.07, 6.45) is 3.19. The average Bonchev–Trinajstić information content (AvgIpc) is 2.73. The molecule has 0 unspecified atom stereocenters. The van der Waals surface area contributed by atoms with Gasteiger partial charge in [-0.1, -0.05) is 65.8 Å². The van der Waals surface area contributed by atoms with E-state index in [0.29, 0.717) is 19.7 Å². The summed E-state index contributed by atoms with van der Waals surface area (Å²) in [7, 11) is 0. The molecule has 2 aromatic carbocycles. The van der Waals surface area contributed by atoms with Crippen molar-refractivity contribution in [3.8, 4) is 0 Å². The molecule has 1 heterocycles. The van der Waals surface area contributed by atoms with Gasteiger partial charge in [0, 0.05) is 25.9 Å². The number of oxime groups is 1. The second-order valence-electron chi connectivity index (χ2n) is 7.29. The molecule has 0 bridgehead atoms. The van der Waals surface area contributed by atoms with Gasteiger partial charge in [0.05, 0.1) is 11.6 Å². The van der Waals surface area contributed by atoms with E-state index in [1.165, 1.54) is 11.1 Å². The normalized spacial score (nSPS) is 16.5. The van der Waals surface area contributed by atoms with Crippen LogP contribution in [-0.2, 0) is 22.5 Å². The highest BCUT2D eigenvalue weighted by atomic mass is 35.5. The van der Waals surface area contributed by atoms with Gasteiger partial charge in [0.2, 0.25) is 0 Å². The van der Waals surface area contributed by atoms with E-state index in [-0.39, 0.29) is 18.3 Å². The summed E-state index contributed by atoms with van der Waals surface area (Å²) in [5.74, 6) is -0.958. The molecular formula is C23H29ClN2O3. The molecule has 1 N–H and O–H groups in total. The molecule has 6 heteroatoms. The quantitative estimate of drug-likeness (QED) is 0.380. The van der Waals surface area contributed by atoms with Gasteiger partial charge >= 0.3 is 5.97 Å². The van der Waals surface area contributed by atoms with Crippen molar-refractivity contribution in [2.24, 2.45) is 11.1 Å². The van der Waals surface area contributed by atoms with Crippen molar-refractivity contribution in [1.29, 1.82) is 0 Å². The molecule has 3 rings (SSSR count). The SMILES string of the molecule is Cl.O=C(O)[C@@H]1CCCN(CCON=C(Cc2ccccc2)Cc2ccccc2)C1. The Morgan fingerprint density at radius 1 is 1.03 bits per heavy atom. The first-order valence-corrected chi connectivity index (χ1v) is 9.91. The van der Waals surface area contributed by atoms with Crippen LogP contribution in [0.5, 0.6) is 0 Å². The minimum Gasteiger partial charge on any atom is -0.481 e. The Bertz CT molecular complexity index is 725. The van der Waals surface area contributed by atoms with Crippen LogP contribution in [0.25, 0.3) is 0 Å². The van der Waals surface area contributed by atoms with Gasteiger partial charge in [0.15, 0.2) is 0 Å². The minimum absolute atomic E-state index is 0. The summed E-state index contributed by atoms with van der Waals surface area (Å²) in [4.78, 5) is 19.0. The Morgan fingerprint density at radius 3 is 2.17 bits per heavy atom. The maximum Gasteiger partial charge on any atom is 0.307 e. The molecule has 5 nitrogen and oxygen atoms in total. The molecule has 1 aliphatic heterocycles. The highest BCUT2D eigenvalue weighted by Gasteiger charge is 2.24.